The summed E-state index contributed by atoms with van der Waals surface area (Å²) in [6, 6.07) is 6.07. The first-order valence-electron chi connectivity index (χ1n) is 7.10. The number of aryl methyl sites for hydroxylation is 3. The van der Waals surface area contributed by atoms with Gasteiger partial charge < -0.3 is 10.7 Å². The Labute approximate surface area is 145 Å². The molecule has 1 aromatic heterocycles. The van der Waals surface area contributed by atoms with E-state index in [1.165, 1.54) is 0 Å². The van der Waals surface area contributed by atoms with E-state index in [9.17, 15) is 13.2 Å². The van der Waals surface area contributed by atoms with Gasteiger partial charge in [0.25, 0.3) is 16.0 Å². The lowest BCUT2D eigenvalue weighted by Gasteiger charge is -2.02. The highest BCUT2D eigenvalue weighted by atomic mass is 32.2. The van der Waals surface area contributed by atoms with E-state index >= 15 is 0 Å². The van der Waals surface area contributed by atoms with Crippen LogP contribution in [-0.4, -0.2) is 41.1 Å². The number of aromatic nitrogens is 2. The smallest absolute Gasteiger partial charge is 0.276 e. The highest BCUT2D eigenvalue weighted by molar-refractivity contribution is 7.85. The van der Waals surface area contributed by atoms with Gasteiger partial charge in [-0.1, -0.05) is 17.2 Å². The van der Waals surface area contributed by atoms with Crippen LogP contribution in [0.1, 0.15) is 27.3 Å². The van der Waals surface area contributed by atoms with Crippen molar-refractivity contribution in [1.29, 1.82) is 5.41 Å². The van der Waals surface area contributed by atoms with Crippen LogP contribution >= 0.6 is 0 Å². The molecule has 25 heavy (non-hydrogen) atoms. The molecule has 1 amide bonds. The maximum Gasteiger partial charge on any atom is 0.276 e. The SMILES string of the molecule is CS(=O)(=O)O.Cc1cc(C)cc(-c2nc(C)c(C(=O)NC(=N)N)[nH]2)c1. The van der Waals surface area contributed by atoms with Gasteiger partial charge in [-0.3, -0.25) is 20.1 Å². The van der Waals surface area contributed by atoms with E-state index in [1.807, 2.05) is 26.0 Å². The van der Waals surface area contributed by atoms with Gasteiger partial charge in [-0.2, -0.15) is 8.42 Å². The number of nitrogens with one attached hydrogen (secondary N) is 3. The fraction of sp³-hybridized carbons (Fsp3) is 0.267. The lowest BCUT2D eigenvalue weighted by molar-refractivity contribution is 0.0971. The molecule has 0 unspecified atom stereocenters. The van der Waals surface area contributed by atoms with Gasteiger partial charge in [-0.15, -0.1) is 0 Å². The van der Waals surface area contributed by atoms with Gasteiger partial charge in [0, 0.05) is 5.56 Å². The van der Waals surface area contributed by atoms with E-state index in [0.29, 0.717) is 23.5 Å². The normalized spacial score (nSPS) is 10.6. The topological polar surface area (TPSA) is 162 Å². The number of H-pyrrole nitrogens is 1. The zero-order chi connectivity index (χ0) is 19.4. The molecule has 0 radical (unpaired) electrons. The monoisotopic (exact) mass is 367 g/mol. The molecule has 10 heteroatoms. The third kappa shape index (κ3) is 7.14. The predicted molar refractivity (Wildman–Crippen MR) is 95.1 cm³/mol. The summed E-state index contributed by atoms with van der Waals surface area (Å²) in [5, 5.41) is 9.32. The Hall–Kier alpha value is -2.72. The van der Waals surface area contributed by atoms with E-state index in [0.717, 1.165) is 16.7 Å². The lowest BCUT2D eigenvalue weighted by atomic mass is 10.1. The van der Waals surface area contributed by atoms with Crippen LogP contribution in [-0.2, 0) is 10.1 Å². The van der Waals surface area contributed by atoms with Crippen molar-refractivity contribution in [3.05, 3.63) is 40.7 Å². The number of imidazole rings is 1. The predicted octanol–water partition coefficient (Wildman–Crippen LogP) is 1.13. The maximum absolute atomic E-state index is 11.9. The van der Waals surface area contributed by atoms with Crippen molar-refractivity contribution >= 4 is 22.0 Å². The van der Waals surface area contributed by atoms with Gasteiger partial charge in [-0.05, 0) is 32.9 Å². The number of hydrogen-bond acceptors (Lipinski definition) is 5. The summed E-state index contributed by atoms with van der Waals surface area (Å²) >= 11 is 0. The zero-order valence-corrected chi connectivity index (χ0v) is 15.2. The Kier molecular flexibility index (Phi) is 6.42. The van der Waals surface area contributed by atoms with Crippen LogP contribution in [0.3, 0.4) is 0 Å². The summed E-state index contributed by atoms with van der Waals surface area (Å²) in [4.78, 5) is 19.2. The number of hydrogen-bond donors (Lipinski definition) is 5. The van der Waals surface area contributed by atoms with Gasteiger partial charge in [0.2, 0.25) is 0 Å². The second-order valence-corrected chi connectivity index (χ2v) is 6.99. The molecule has 0 atom stereocenters. The van der Waals surface area contributed by atoms with Gasteiger partial charge in [0.15, 0.2) is 5.96 Å². The standard InChI is InChI=1S/C14H17N5O.CH4O3S/c1-7-4-8(2)6-10(5-7)12-17-9(3)11(18-12)13(20)19-14(15)16;1-5(2,3)4/h4-6H,1-3H3,(H,17,18)(H4,15,16,19,20);1H3,(H,2,3,4). The number of carbonyl (C=O) groups is 1. The molecule has 0 saturated heterocycles. The van der Waals surface area contributed by atoms with E-state index in [1.54, 1.807) is 6.92 Å². The van der Waals surface area contributed by atoms with Crippen LogP contribution in [0.2, 0.25) is 0 Å². The Morgan fingerprint density at radius 2 is 1.72 bits per heavy atom. The second-order valence-electron chi connectivity index (χ2n) is 5.52. The van der Waals surface area contributed by atoms with E-state index in [2.05, 4.69) is 21.4 Å². The maximum atomic E-state index is 11.9. The highest BCUT2D eigenvalue weighted by Gasteiger charge is 2.15. The van der Waals surface area contributed by atoms with Gasteiger partial charge >= 0.3 is 0 Å². The molecule has 0 aliphatic heterocycles. The van der Waals surface area contributed by atoms with Crippen molar-refractivity contribution in [2.45, 2.75) is 20.8 Å². The van der Waals surface area contributed by atoms with E-state index < -0.39 is 22.0 Å². The van der Waals surface area contributed by atoms with Crippen molar-refractivity contribution in [2.75, 3.05) is 6.26 Å². The molecule has 0 aliphatic carbocycles. The number of carbonyl (C=O) groups excluding carboxylic acids is 1. The van der Waals surface area contributed by atoms with Crippen molar-refractivity contribution in [2.24, 2.45) is 5.73 Å². The number of amides is 1. The summed E-state index contributed by atoms with van der Waals surface area (Å²) in [7, 11) is -3.67. The minimum absolute atomic E-state index is 0.314. The van der Waals surface area contributed by atoms with Crippen LogP contribution in [0.25, 0.3) is 11.4 Å². The van der Waals surface area contributed by atoms with Crippen LogP contribution in [0.5, 0.6) is 0 Å². The number of aromatic amines is 1. The molecule has 1 aromatic carbocycles. The van der Waals surface area contributed by atoms with Gasteiger partial charge in [0.1, 0.15) is 11.5 Å². The lowest BCUT2D eigenvalue weighted by Crippen LogP contribution is -2.36. The third-order valence-electron chi connectivity index (χ3n) is 2.86. The molecule has 0 aliphatic rings. The number of nitrogens with two attached hydrogens (primary N) is 1. The molecular weight excluding hydrogens is 346 g/mol. The summed E-state index contributed by atoms with van der Waals surface area (Å²) < 4.78 is 25.9. The summed E-state index contributed by atoms with van der Waals surface area (Å²) in [5.41, 5.74) is 9.22. The Balaban J connectivity index is 0.000000550. The molecule has 2 aromatic rings. The second kappa shape index (κ2) is 7.90. The van der Waals surface area contributed by atoms with Crippen molar-refractivity contribution in [1.82, 2.24) is 15.3 Å². The van der Waals surface area contributed by atoms with Crippen molar-refractivity contribution < 1.29 is 17.8 Å². The number of rotatable bonds is 2. The van der Waals surface area contributed by atoms with Crippen LogP contribution in [0.4, 0.5) is 0 Å². The first-order chi connectivity index (χ1) is 11.4. The molecule has 0 spiro atoms. The summed E-state index contributed by atoms with van der Waals surface area (Å²) in [6.07, 6.45) is 0.715. The molecular formula is C15H21N5O4S. The van der Waals surface area contributed by atoms with Crippen LogP contribution < -0.4 is 11.1 Å². The third-order valence-corrected chi connectivity index (χ3v) is 2.86. The molecule has 6 N–H and O–H groups in total. The zero-order valence-electron chi connectivity index (χ0n) is 14.3. The minimum atomic E-state index is -3.67. The number of guanidine groups is 1. The number of benzene rings is 1. The van der Waals surface area contributed by atoms with Gasteiger partial charge in [-0.25, -0.2) is 4.98 Å². The minimum Gasteiger partial charge on any atom is -0.370 e. The highest BCUT2D eigenvalue weighted by Crippen LogP contribution is 2.21. The molecule has 0 fully saturated rings. The Bertz CT molecular complexity index is 874. The molecule has 1 heterocycles. The summed E-state index contributed by atoms with van der Waals surface area (Å²) in [6.45, 7) is 5.75. The van der Waals surface area contributed by atoms with Crippen LogP contribution in [0, 0.1) is 26.2 Å². The Morgan fingerprint density at radius 3 is 2.16 bits per heavy atom. The van der Waals surface area contributed by atoms with Gasteiger partial charge in [0.05, 0.1) is 11.9 Å². The fourth-order valence-corrected chi connectivity index (χ4v) is 2.11. The average molecular weight is 367 g/mol. The van der Waals surface area contributed by atoms with Crippen molar-refractivity contribution in [3.63, 3.8) is 0 Å². The summed E-state index contributed by atoms with van der Waals surface area (Å²) in [5.74, 6) is -0.224. The number of nitrogens with zero attached hydrogens (tertiary/aromatic N) is 1. The molecule has 0 bridgehead atoms. The molecule has 9 nitrogen and oxygen atoms in total. The van der Waals surface area contributed by atoms with Crippen molar-refractivity contribution in [3.8, 4) is 11.4 Å². The molecule has 0 saturated carbocycles. The first kappa shape index (κ1) is 20.3. The largest absolute Gasteiger partial charge is 0.370 e. The molecule has 136 valence electrons. The quantitative estimate of drug-likeness (QED) is 0.303. The first-order valence-corrected chi connectivity index (χ1v) is 8.94. The van der Waals surface area contributed by atoms with E-state index in [4.69, 9.17) is 15.7 Å². The average Bonchev–Trinajstić information content (AvgIpc) is 2.77. The van der Waals surface area contributed by atoms with E-state index in [-0.39, 0.29) is 0 Å². The molecule has 2 rings (SSSR count). The van der Waals surface area contributed by atoms with Crippen LogP contribution in [0.15, 0.2) is 18.2 Å². The Morgan fingerprint density at radius 1 is 1.24 bits per heavy atom. The fourth-order valence-electron chi connectivity index (χ4n) is 2.11.